The molecule has 3 nitrogen and oxygen atoms in total. The molecule has 0 radical (unpaired) electrons. The Labute approximate surface area is 77.5 Å². The number of rotatable bonds is 1. The average molecular weight is 185 g/mol. The topological polar surface area (TPSA) is 50.7 Å². The molecule has 1 fully saturated rings. The third-order valence-electron chi connectivity index (χ3n) is 2.13. The van der Waals surface area contributed by atoms with Crippen molar-refractivity contribution in [3.63, 3.8) is 0 Å². The molecule has 0 aromatic heterocycles. The van der Waals surface area contributed by atoms with Gasteiger partial charge in [-0.1, -0.05) is 18.7 Å². The van der Waals surface area contributed by atoms with Gasteiger partial charge in [0, 0.05) is 5.71 Å². The van der Waals surface area contributed by atoms with E-state index in [0.29, 0.717) is 11.1 Å². The zero-order chi connectivity index (χ0) is 8.97. The van der Waals surface area contributed by atoms with Crippen molar-refractivity contribution in [1.82, 2.24) is 0 Å². The number of hydrogen-bond acceptors (Lipinski definition) is 3. The quantitative estimate of drug-likeness (QED) is 0.385. The van der Waals surface area contributed by atoms with Gasteiger partial charge < -0.3 is 5.73 Å². The zero-order valence-corrected chi connectivity index (χ0v) is 8.40. The van der Waals surface area contributed by atoms with Gasteiger partial charge in [-0.2, -0.15) is 5.10 Å². The third kappa shape index (κ3) is 2.52. The molecule has 1 saturated carbocycles. The van der Waals surface area contributed by atoms with E-state index in [2.05, 4.69) is 17.1 Å². The van der Waals surface area contributed by atoms with Crippen molar-refractivity contribution in [1.29, 1.82) is 0 Å². The van der Waals surface area contributed by atoms with Crippen molar-refractivity contribution in [2.75, 3.05) is 6.26 Å². The van der Waals surface area contributed by atoms with Gasteiger partial charge in [0.05, 0.1) is 0 Å². The van der Waals surface area contributed by atoms with Crippen LogP contribution in [0.2, 0.25) is 0 Å². The Hall–Kier alpha value is -0.510. The highest BCUT2D eigenvalue weighted by molar-refractivity contribution is 8.13. The van der Waals surface area contributed by atoms with E-state index in [9.17, 15) is 0 Å². The highest BCUT2D eigenvalue weighted by Gasteiger charge is 2.17. The summed E-state index contributed by atoms with van der Waals surface area (Å²) in [6, 6.07) is 0. The van der Waals surface area contributed by atoms with Crippen molar-refractivity contribution < 1.29 is 0 Å². The normalized spacial score (nSPS) is 28.3. The Morgan fingerprint density at radius 2 is 2.42 bits per heavy atom. The molecular formula is C8H15N3S. The first-order valence-corrected chi connectivity index (χ1v) is 5.40. The van der Waals surface area contributed by atoms with E-state index in [4.69, 9.17) is 5.73 Å². The molecule has 1 aliphatic carbocycles. The van der Waals surface area contributed by atoms with Gasteiger partial charge in [-0.3, -0.25) is 0 Å². The molecule has 1 atom stereocenters. The lowest BCUT2D eigenvalue weighted by Gasteiger charge is -1.99. The van der Waals surface area contributed by atoms with Gasteiger partial charge in [-0.15, -0.1) is 5.10 Å². The number of thioether (sulfide) groups is 1. The molecule has 0 spiro atoms. The van der Waals surface area contributed by atoms with E-state index in [1.165, 1.54) is 30.3 Å². The van der Waals surface area contributed by atoms with Gasteiger partial charge in [0.1, 0.15) is 0 Å². The molecule has 0 saturated heterocycles. The molecule has 0 bridgehead atoms. The van der Waals surface area contributed by atoms with E-state index >= 15 is 0 Å². The summed E-state index contributed by atoms with van der Waals surface area (Å²) in [4.78, 5) is 0. The fourth-order valence-electron chi connectivity index (χ4n) is 1.31. The first kappa shape index (κ1) is 9.58. The fourth-order valence-corrected chi connectivity index (χ4v) is 1.43. The average Bonchev–Trinajstić information content (AvgIpc) is 2.47. The standard InChI is InChI=1S/C8H15N3S/c1-6-4-3-5-7(6)10-11-8(9)12-2/h6H,3-5H2,1-2H3,(H2,9,11)/b10-7-. The van der Waals surface area contributed by atoms with Gasteiger partial charge in [0.2, 0.25) is 0 Å². The van der Waals surface area contributed by atoms with Crippen molar-refractivity contribution in [2.24, 2.45) is 21.9 Å². The number of nitrogens with zero attached hydrogens (tertiary/aromatic N) is 2. The molecule has 1 unspecified atom stereocenters. The van der Waals surface area contributed by atoms with Gasteiger partial charge in [0.25, 0.3) is 0 Å². The van der Waals surface area contributed by atoms with E-state index in [-0.39, 0.29) is 0 Å². The molecule has 68 valence electrons. The van der Waals surface area contributed by atoms with Crippen LogP contribution in [0.4, 0.5) is 0 Å². The van der Waals surface area contributed by atoms with E-state index in [1.54, 1.807) is 0 Å². The van der Waals surface area contributed by atoms with Crippen LogP contribution in [0.15, 0.2) is 10.2 Å². The van der Waals surface area contributed by atoms with E-state index in [0.717, 1.165) is 6.42 Å². The molecule has 4 heteroatoms. The van der Waals surface area contributed by atoms with Crippen LogP contribution in [0.25, 0.3) is 0 Å². The van der Waals surface area contributed by atoms with Crippen molar-refractivity contribution in [2.45, 2.75) is 26.2 Å². The van der Waals surface area contributed by atoms with Crippen molar-refractivity contribution in [3.8, 4) is 0 Å². The molecule has 12 heavy (non-hydrogen) atoms. The Morgan fingerprint density at radius 3 is 2.92 bits per heavy atom. The summed E-state index contributed by atoms with van der Waals surface area (Å²) in [6.07, 6.45) is 5.48. The number of amidine groups is 1. The zero-order valence-electron chi connectivity index (χ0n) is 7.58. The summed E-state index contributed by atoms with van der Waals surface area (Å²) in [5, 5.41) is 8.60. The molecule has 0 heterocycles. The molecule has 0 amide bonds. The van der Waals surface area contributed by atoms with Gasteiger partial charge >= 0.3 is 0 Å². The predicted octanol–water partition coefficient (Wildman–Crippen LogP) is 1.84. The van der Waals surface area contributed by atoms with Crippen LogP contribution in [0, 0.1) is 5.92 Å². The molecular weight excluding hydrogens is 170 g/mol. The van der Waals surface area contributed by atoms with Gasteiger partial charge in [-0.05, 0) is 31.4 Å². The second-order valence-corrected chi connectivity index (χ2v) is 3.85. The maximum absolute atomic E-state index is 5.50. The Kier molecular flexibility index (Phi) is 3.59. The Balaban J connectivity index is 2.56. The second-order valence-electron chi connectivity index (χ2n) is 3.03. The number of nitrogens with two attached hydrogens (primary N) is 1. The van der Waals surface area contributed by atoms with Crippen LogP contribution < -0.4 is 5.73 Å². The Morgan fingerprint density at radius 1 is 1.67 bits per heavy atom. The minimum Gasteiger partial charge on any atom is -0.377 e. The molecule has 0 aliphatic heterocycles. The maximum atomic E-state index is 5.50. The van der Waals surface area contributed by atoms with Crippen LogP contribution in [0.5, 0.6) is 0 Å². The summed E-state index contributed by atoms with van der Waals surface area (Å²) in [7, 11) is 0. The predicted molar refractivity (Wildman–Crippen MR) is 55.6 cm³/mol. The van der Waals surface area contributed by atoms with Crippen LogP contribution in [-0.4, -0.2) is 17.1 Å². The van der Waals surface area contributed by atoms with E-state index < -0.39 is 0 Å². The lowest BCUT2D eigenvalue weighted by Crippen LogP contribution is -2.06. The summed E-state index contributed by atoms with van der Waals surface area (Å²) in [6.45, 7) is 2.19. The summed E-state index contributed by atoms with van der Waals surface area (Å²) in [5.41, 5.74) is 6.70. The first-order chi connectivity index (χ1) is 5.74. The first-order valence-electron chi connectivity index (χ1n) is 4.18. The minimum absolute atomic E-state index is 0.543. The smallest absolute Gasteiger partial charge is 0.180 e. The Bertz CT molecular complexity index is 210. The lowest BCUT2D eigenvalue weighted by molar-refractivity contribution is 0.727. The van der Waals surface area contributed by atoms with Crippen LogP contribution in [0.1, 0.15) is 26.2 Å². The monoisotopic (exact) mass is 185 g/mol. The van der Waals surface area contributed by atoms with Gasteiger partial charge in [0.15, 0.2) is 5.17 Å². The highest BCUT2D eigenvalue weighted by atomic mass is 32.2. The minimum atomic E-state index is 0.543. The third-order valence-corrected chi connectivity index (χ3v) is 2.62. The van der Waals surface area contributed by atoms with Crippen LogP contribution in [0.3, 0.4) is 0 Å². The largest absolute Gasteiger partial charge is 0.377 e. The number of hydrogen-bond donors (Lipinski definition) is 1. The second kappa shape index (κ2) is 4.50. The fraction of sp³-hybridized carbons (Fsp3) is 0.750. The van der Waals surface area contributed by atoms with Crippen LogP contribution in [-0.2, 0) is 0 Å². The van der Waals surface area contributed by atoms with E-state index in [1.807, 2.05) is 6.26 Å². The molecule has 1 rings (SSSR count). The van der Waals surface area contributed by atoms with Crippen molar-refractivity contribution >= 4 is 22.6 Å². The molecule has 2 N–H and O–H groups in total. The summed E-state index contributed by atoms with van der Waals surface area (Å²) < 4.78 is 0. The van der Waals surface area contributed by atoms with Crippen LogP contribution >= 0.6 is 11.8 Å². The van der Waals surface area contributed by atoms with Gasteiger partial charge in [-0.25, -0.2) is 0 Å². The molecule has 0 aromatic carbocycles. The molecule has 1 aliphatic rings. The van der Waals surface area contributed by atoms with Crippen molar-refractivity contribution in [3.05, 3.63) is 0 Å². The maximum Gasteiger partial charge on any atom is 0.180 e. The summed E-state index contributed by atoms with van der Waals surface area (Å²) >= 11 is 1.43. The SMILES string of the molecule is CS/C(N)=N/N=C1/CCCC1C. The summed E-state index contributed by atoms with van der Waals surface area (Å²) in [5.74, 6) is 0.600. The molecule has 0 aromatic rings. The lowest BCUT2D eigenvalue weighted by atomic mass is 10.1. The highest BCUT2D eigenvalue weighted by Crippen LogP contribution is 2.21.